The standard InChI is InChI=1S/C16H14ClNO3/c1-2-21-16(20)11-7-9-12(10-8-11)18-15(19)13-5-3-4-6-14(13)17/h3-10H,2H2,1H3,(H,18,19). The van der Waals surface area contributed by atoms with E-state index in [0.29, 0.717) is 28.4 Å². The normalized spacial score (nSPS) is 10.0. The smallest absolute Gasteiger partial charge is 0.338 e. The minimum absolute atomic E-state index is 0.301. The van der Waals surface area contributed by atoms with Crippen molar-refractivity contribution in [2.75, 3.05) is 11.9 Å². The molecule has 0 aromatic heterocycles. The van der Waals surface area contributed by atoms with Gasteiger partial charge in [-0.2, -0.15) is 0 Å². The van der Waals surface area contributed by atoms with Crippen LogP contribution in [0.3, 0.4) is 0 Å². The van der Waals surface area contributed by atoms with E-state index in [0.717, 1.165) is 0 Å². The second-order valence-corrected chi connectivity index (χ2v) is 4.64. The van der Waals surface area contributed by atoms with E-state index in [1.54, 1.807) is 55.5 Å². The molecule has 4 nitrogen and oxygen atoms in total. The van der Waals surface area contributed by atoms with E-state index in [1.165, 1.54) is 0 Å². The van der Waals surface area contributed by atoms with Gasteiger partial charge in [0.1, 0.15) is 0 Å². The number of nitrogens with one attached hydrogen (secondary N) is 1. The highest BCUT2D eigenvalue weighted by molar-refractivity contribution is 6.34. The SMILES string of the molecule is CCOC(=O)c1ccc(NC(=O)c2ccccc2Cl)cc1. The van der Waals surface area contributed by atoms with Crippen LogP contribution in [0.5, 0.6) is 0 Å². The van der Waals surface area contributed by atoms with Crippen molar-refractivity contribution in [1.29, 1.82) is 0 Å². The number of hydrogen-bond donors (Lipinski definition) is 1. The lowest BCUT2D eigenvalue weighted by Gasteiger charge is -2.07. The Morgan fingerprint density at radius 2 is 1.76 bits per heavy atom. The van der Waals surface area contributed by atoms with Crippen LogP contribution in [0, 0.1) is 0 Å². The highest BCUT2D eigenvalue weighted by atomic mass is 35.5. The summed E-state index contributed by atoms with van der Waals surface area (Å²) in [4.78, 5) is 23.6. The van der Waals surface area contributed by atoms with Gasteiger partial charge in [0.25, 0.3) is 5.91 Å². The number of hydrogen-bond acceptors (Lipinski definition) is 3. The van der Waals surface area contributed by atoms with Gasteiger partial charge in [-0.25, -0.2) is 4.79 Å². The van der Waals surface area contributed by atoms with Crippen LogP contribution in [0.25, 0.3) is 0 Å². The Bertz CT molecular complexity index is 653. The first-order chi connectivity index (χ1) is 10.1. The zero-order valence-corrected chi connectivity index (χ0v) is 12.2. The molecule has 2 aromatic carbocycles. The molecule has 21 heavy (non-hydrogen) atoms. The quantitative estimate of drug-likeness (QED) is 0.875. The van der Waals surface area contributed by atoms with Gasteiger partial charge in [0.15, 0.2) is 0 Å². The van der Waals surface area contributed by atoms with Gasteiger partial charge in [-0.15, -0.1) is 0 Å². The molecule has 0 heterocycles. The van der Waals surface area contributed by atoms with Crippen molar-refractivity contribution in [2.45, 2.75) is 6.92 Å². The highest BCUT2D eigenvalue weighted by Crippen LogP contribution is 2.17. The van der Waals surface area contributed by atoms with Gasteiger partial charge < -0.3 is 10.1 Å². The van der Waals surface area contributed by atoms with Crippen LogP contribution < -0.4 is 5.32 Å². The lowest BCUT2D eigenvalue weighted by atomic mass is 10.2. The zero-order chi connectivity index (χ0) is 15.2. The van der Waals surface area contributed by atoms with Crippen molar-refractivity contribution in [3.8, 4) is 0 Å². The molecular formula is C16H14ClNO3. The number of carbonyl (C=O) groups excluding carboxylic acids is 2. The number of rotatable bonds is 4. The van der Waals surface area contributed by atoms with Gasteiger partial charge in [0.2, 0.25) is 0 Å². The summed E-state index contributed by atoms with van der Waals surface area (Å²) in [5.74, 6) is -0.689. The largest absolute Gasteiger partial charge is 0.462 e. The van der Waals surface area contributed by atoms with Gasteiger partial charge in [-0.3, -0.25) is 4.79 Å². The maximum absolute atomic E-state index is 12.1. The average molecular weight is 304 g/mol. The molecule has 0 aliphatic heterocycles. The molecule has 0 bridgehead atoms. The van der Waals surface area contributed by atoms with E-state index >= 15 is 0 Å². The second-order valence-electron chi connectivity index (χ2n) is 4.23. The molecule has 0 atom stereocenters. The van der Waals surface area contributed by atoms with Crippen molar-refractivity contribution in [2.24, 2.45) is 0 Å². The van der Waals surface area contributed by atoms with Crippen LogP contribution in [0.15, 0.2) is 48.5 Å². The predicted octanol–water partition coefficient (Wildman–Crippen LogP) is 3.77. The first-order valence-corrected chi connectivity index (χ1v) is 6.82. The number of carbonyl (C=O) groups is 2. The lowest BCUT2D eigenvalue weighted by Crippen LogP contribution is -2.12. The topological polar surface area (TPSA) is 55.4 Å². The van der Waals surface area contributed by atoms with Crippen molar-refractivity contribution >= 4 is 29.2 Å². The minimum atomic E-state index is -0.388. The van der Waals surface area contributed by atoms with Crippen molar-refractivity contribution in [3.63, 3.8) is 0 Å². The van der Waals surface area contributed by atoms with Gasteiger partial charge >= 0.3 is 5.97 Å². The fraction of sp³-hybridized carbons (Fsp3) is 0.125. The number of anilines is 1. The molecule has 0 radical (unpaired) electrons. The molecule has 108 valence electrons. The van der Waals surface area contributed by atoms with Crippen LogP contribution in [0.4, 0.5) is 5.69 Å². The van der Waals surface area contributed by atoms with E-state index in [9.17, 15) is 9.59 Å². The third-order valence-electron chi connectivity index (χ3n) is 2.77. The summed E-state index contributed by atoms with van der Waals surface area (Å²) in [5.41, 5.74) is 1.41. The van der Waals surface area contributed by atoms with Crippen molar-refractivity contribution in [3.05, 3.63) is 64.7 Å². The molecule has 0 aliphatic rings. The summed E-state index contributed by atoms with van der Waals surface area (Å²) in [7, 11) is 0. The Hall–Kier alpha value is -2.33. The molecule has 1 N–H and O–H groups in total. The van der Waals surface area contributed by atoms with E-state index < -0.39 is 0 Å². The Kier molecular flexibility index (Phi) is 4.95. The first kappa shape index (κ1) is 15.1. The molecule has 0 unspecified atom stereocenters. The molecule has 0 saturated heterocycles. The number of benzene rings is 2. The Balaban J connectivity index is 2.09. The Morgan fingerprint density at radius 1 is 1.10 bits per heavy atom. The van der Waals surface area contributed by atoms with Crippen LogP contribution in [0.1, 0.15) is 27.6 Å². The van der Waals surface area contributed by atoms with E-state index in [2.05, 4.69) is 5.32 Å². The lowest BCUT2D eigenvalue weighted by molar-refractivity contribution is 0.0526. The van der Waals surface area contributed by atoms with Gasteiger partial charge in [-0.05, 0) is 43.3 Å². The maximum Gasteiger partial charge on any atom is 0.338 e. The van der Waals surface area contributed by atoms with E-state index in [-0.39, 0.29) is 11.9 Å². The molecule has 1 amide bonds. The second kappa shape index (κ2) is 6.90. The predicted molar refractivity (Wildman–Crippen MR) is 81.8 cm³/mol. The van der Waals surface area contributed by atoms with Crippen LogP contribution in [0.2, 0.25) is 5.02 Å². The monoisotopic (exact) mass is 303 g/mol. The maximum atomic E-state index is 12.1. The van der Waals surface area contributed by atoms with Crippen molar-refractivity contribution < 1.29 is 14.3 Å². The third-order valence-corrected chi connectivity index (χ3v) is 3.10. The van der Waals surface area contributed by atoms with Crippen LogP contribution in [-0.2, 0) is 4.74 Å². The molecule has 0 saturated carbocycles. The highest BCUT2D eigenvalue weighted by Gasteiger charge is 2.10. The Morgan fingerprint density at radius 3 is 2.38 bits per heavy atom. The fourth-order valence-corrected chi connectivity index (χ4v) is 1.97. The molecule has 2 rings (SSSR count). The summed E-state index contributed by atoms with van der Waals surface area (Å²) >= 11 is 5.96. The average Bonchev–Trinajstić information content (AvgIpc) is 2.48. The molecular weight excluding hydrogens is 290 g/mol. The summed E-state index contributed by atoms with van der Waals surface area (Å²) < 4.78 is 4.89. The molecule has 0 aliphatic carbocycles. The van der Waals surface area contributed by atoms with E-state index in [1.807, 2.05) is 0 Å². The molecule has 0 fully saturated rings. The van der Waals surface area contributed by atoms with Gasteiger partial charge in [-0.1, -0.05) is 23.7 Å². The zero-order valence-electron chi connectivity index (χ0n) is 11.4. The third kappa shape index (κ3) is 3.83. The summed E-state index contributed by atoms with van der Waals surface area (Å²) in [5, 5.41) is 3.11. The molecule has 0 spiro atoms. The molecule has 5 heteroatoms. The summed E-state index contributed by atoms with van der Waals surface area (Å²) in [6, 6.07) is 13.3. The van der Waals surface area contributed by atoms with Gasteiger partial charge in [0, 0.05) is 5.69 Å². The molecule has 2 aromatic rings. The summed E-state index contributed by atoms with van der Waals surface area (Å²) in [6.45, 7) is 2.07. The number of halogens is 1. The number of ether oxygens (including phenoxy) is 1. The number of amides is 1. The first-order valence-electron chi connectivity index (χ1n) is 6.45. The van der Waals surface area contributed by atoms with Crippen LogP contribution >= 0.6 is 11.6 Å². The Labute approximate surface area is 127 Å². The van der Waals surface area contributed by atoms with E-state index in [4.69, 9.17) is 16.3 Å². The number of esters is 1. The van der Waals surface area contributed by atoms with Gasteiger partial charge in [0.05, 0.1) is 22.8 Å². The minimum Gasteiger partial charge on any atom is -0.462 e. The fourth-order valence-electron chi connectivity index (χ4n) is 1.75. The van der Waals surface area contributed by atoms with Crippen molar-refractivity contribution in [1.82, 2.24) is 0 Å². The van der Waals surface area contributed by atoms with Crippen LogP contribution in [-0.4, -0.2) is 18.5 Å². The summed E-state index contributed by atoms with van der Waals surface area (Å²) in [6.07, 6.45) is 0.